The van der Waals surface area contributed by atoms with Crippen LogP contribution in [0.3, 0.4) is 0 Å². The van der Waals surface area contributed by atoms with Gasteiger partial charge in [-0.3, -0.25) is 0 Å². The number of rotatable bonds is 3. The average molecular weight is 209 g/mol. The van der Waals surface area contributed by atoms with Crippen LogP contribution in [-0.2, 0) is 0 Å². The third-order valence-corrected chi connectivity index (χ3v) is 2.81. The van der Waals surface area contributed by atoms with Crippen molar-refractivity contribution in [1.29, 1.82) is 5.26 Å². The van der Waals surface area contributed by atoms with Gasteiger partial charge in [-0.05, 0) is 19.4 Å². The lowest BCUT2D eigenvalue weighted by Gasteiger charge is -2.05. The van der Waals surface area contributed by atoms with Crippen molar-refractivity contribution in [3.63, 3.8) is 0 Å². The van der Waals surface area contributed by atoms with Crippen LogP contribution in [0.4, 0.5) is 0 Å². The van der Waals surface area contributed by atoms with E-state index in [4.69, 9.17) is 10.4 Å². The summed E-state index contributed by atoms with van der Waals surface area (Å²) >= 11 is 1.35. The molecule has 0 amide bonds. The summed E-state index contributed by atoms with van der Waals surface area (Å²) in [5, 5.41) is 26.1. The van der Waals surface area contributed by atoms with Gasteiger partial charge in [0, 0.05) is 5.75 Å². The predicted octanol–water partition coefficient (Wildman–Crippen LogP) is 1.05. The van der Waals surface area contributed by atoms with Crippen LogP contribution in [0.5, 0.6) is 0 Å². The van der Waals surface area contributed by atoms with Gasteiger partial charge in [0.25, 0.3) is 0 Å². The molecule has 0 saturated heterocycles. The summed E-state index contributed by atoms with van der Waals surface area (Å²) < 4.78 is 0. The van der Waals surface area contributed by atoms with E-state index in [-0.39, 0.29) is 6.61 Å². The van der Waals surface area contributed by atoms with E-state index in [1.165, 1.54) is 11.8 Å². The van der Waals surface area contributed by atoms with E-state index in [9.17, 15) is 0 Å². The quantitative estimate of drug-likeness (QED) is 0.753. The molecule has 5 heteroatoms. The van der Waals surface area contributed by atoms with Crippen molar-refractivity contribution >= 4 is 11.8 Å². The molecular formula is C9H11N3OS. The van der Waals surface area contributed by atoms with Crippen molar-refractivity contribution in [3.05, 3.63) is 16.8 Å². The second-order valence-corrected chi connectivity index (χ2v) is 3.86. The molecule has 0 aliphatic heterocycles. The van der Waals surface area contributed by atoms with Crippen LogP contribution in [0.15, 0.2) is 5.03 Å². The minimum atomic E-state index is 0.0736. The third kappa shape index (κ3) is 2.22. The molecule has 0 radical (unpaired) electrons. The van der Waals surface area contributed by atoms with E-state index in [1.54, 1.807) is 0 Å². The van der Waals surface area contributed by atoms with Gasteiger partial charge in [0.15, 0.2) is 0 Å². The fraction of sp³-hybridized carbons (Fsp3) is 0.444. The summed E-state index contributed by atoms with van der Waals surface area (Å²) in [5.41, 5.74) is 2.20. The molecule has 0 aliphatic rings. The maximum absolute atomic E-state index is 8.93. The number of aliphatic hydroxyl groups is 1. The van der Waals surface area contributed by atoms with E-state index in [0.717, 1.165) is 11.3 Å². The summed E-state index contributed by atoms with van der Waals surface area (Å²) in [5.74, 6) is 0.534. The van der Waals surface area contributed by atoms with Crippen molar-refractivity contribution in [2.24, 2.45) is 0 Å². The average Bonchev–Trinajstić information content (AvgIpc) is 2.20. The molecule has 0 saturated carbocycles. The monoisotopic (exact) mass is 209 g/mol. The smallest absolute Gasteiger partial charge is 0.137 e. The fourth-order valence-corrected chi connectivity index (χ4v) is 1.69. The lowest BCUT2D eigenvalue weighted by Crippen LogP contribution is -2.00. The summed E-state index contributed by atoms with van der Waals surface area (Å²) in [6.07, 6.45) is 0. The van der Waals surface area contributed by atoms with Crippen LogP contribution in [0.25, 0.3) is 0 Å². The summed E-state index contributed by atoms with van der Waals surface area (Å²) in [4.78, 5) is 0. The van der Waals surface area contributed by atoms with Crippen molar-refractivity contribution in [3.8, 4) is 6.07 Å². The van der Waals surface area contributed by atoms with Crippen LogP contribution >= 0.6 is 11.8 Å². The SMILES string of the molecule is Cc1nnc(SCCO)c(C#N)c1C. The van der Waals surface area contributed by atoms with Gasteiger partial charge in [0.05, 0.1) is 17.9 Å². The number of nitriles is 1. The Balaban J connectivity index is 3.06. The summed E-state index contributed by atoms with van der Waals surface area (Å²) in [7, 11) is 0. The van der Waals surface area contributed by atoms with Crippen LogP contribution in [0.2, 0.25) is 0 Å². The van der Waals surface area contributed by atoms with Crippen LogP contribution in [0.1, 0.15) is 16.8 Å². The normalized spacial score (nSPS) is 9.86. The van der Waals surface area contributed by atoms with Gasteiger partial charge in [-0.25, -0.2) is 0 Å². The standard InChI is InChI=1S/C9H11N3OS/c1-6-7(2)11-12-9(8(6)5-10)14-4-3-13/h13H,3-4H2,1-2H3. The van der Waals surface area contributed by atoms with E-state index < -0.39 is 0 Å². The zero-order valence-corrected chi connectivity index (χ0v) is 8.93. The first-order valence-electron chi connectivity index (χ1n) is 4.18. The Hall–Kier alpha value is -1.12. The molecule has 0 atom stereocenters. The molecule has 0 aliphatic carbocycles. The van der Waals surface area contributed by atoms with Crippen molar-refractivity contribution in [2.75, 3.05) is 12.4 Å². The molecule has 4 nitrogen and oxygen atoms in total. The molecule has 1 heterocycles. The maximum Gasteiger partial charge on any atom is 0.137 e. The second-order valence-electron chi connectivity index (χ2n) is 2.77. The molecule has 74 valence electrons. The first-order chi connectivity index (χ1) is 6.70. The van der Waals surface area contributed by atoms with Crippen LogP contribution in [0, 0.1) is 25.2 Å². The highest BCUT2D eigenvalue weighted by Crippen LogP contribution is 2.22. The van der Waals surface area contributed by atoms with Gasteiger partial charge >= 0.3 is 0 Å². The topological polar surface area (TPSA) is 69.8 Å². The zero-order chi connectivity index (χ0) is 10.6. The van der Waals surface area contributed by atoms with Gasteiger partial charge < -0.3 is 5.11 Å². The Morgan fingerprint density at radius 2 is 2.14 bits per heavy atom. The molecule has 0 unspecified atom stereocenters. The lowest BCUT2D eigenvalue weighted by atomic mass is 10.1. The number of aryl methyl sites for hydroxylation is 1. The molecule has 0 fully saturated rings. The summed E-state index contributed by atoms with van der Waals surface area (Å²) in [6.45, 7) is 3.75. The Morgan fingerprint density at radius 3 is 2.71 bits per heavy atom. The number of aliphatic hydroxyl groups excluding tert-OH is 1. The van der Waals surface area contributed by atoms with E-state index in [0.29, 0.717) is 16.3 Å². The number of hydrogen-bond acceptors (Lipinski definition) is 5. The Bertz CT molecular complexity index is 373. The first-order valence-corrected chi connectivity index (χ1v) is 5.17. The highest BCUT2D eigenvalue weighted by Gasteiger charge is 2.10. The van der Waals surface area contributed by atoms with E-state index >= 15 is 0 Å². The lowest BCUT2D eigenvalue weighted by molar-refractivity contribution is 0.322. The Kier molecular flexibility index (Phi) is 3.86. The predicted molar refractivity (Wildman–Crippen MR) is 54.0 cm³/mol. The van der Waals surface area contributed by atoms with Gasteiger partial charge in [0.2, 0.25) is 0 Å². The molecule has 1 N–H and O–H groups in total. The molecule has 14 heavy (non-hydrogen) atoms. The number of thioether (sulfide) groups is 1. The minimum absolute atomic E-state index is 0.0736. The van der Waals surface area contributed by atoms with Crippen molar-refractivity contribution < 1.29 is 5.11 Å². The van der Waals surface area contributed by atoms with Crippen LogP contribution < -0.4 is 0 Å². The molecule has 1 aromatic rings. The number of hydrogen-bond donors (Lipinski definition) is 1. The molecule has 1 aromatic heterocycles. The van der Waals surface area contributed by atoms with Gasteiger partial charge in [-0.15, -0.1) is 16.9 Å². The highest BCUT2D eigenvalue weighted by atomic mass is 32.2. The number of nitrogens with zero attached hydrogens (tertiary/aromatic N) is 3. The largest absolute Gasteiger partial charge is 0.396 e. The fourth-order valence-electron chi connectivity index (χ4n) is 0.962. The molecular weight excluding hydrogens is 198 g/mol. The van der Waals surface area contributed by atoms with Crippen molar-refractivity contribution in [1.82, 2.24) is 10.2 Å². The van der Waals surface area contributed by atoms with Gasteiger partial charge in [-0.2, -0.15) is 10.4 Å². The molecule has 0 spiro atoms. The van der Waals surface area contributed by atoms with Gasteiger partial charge in [0.1, 0.15) is 11.1 Å². The molecule has 0 bridgehead atoms. The Morgan fingerprint density at radius 1 is 1.43 bits per heavy atom. The maximum atomic E-state index is 8.93. The van der Waals surface area contributed by atoms with Crippen LogP contribution in [-0.4, -0.2) is 27.7 Å². The zero-order valence-electron chi connectivity index (χ0n) is 8.11. The number of aromatic nitrogens is 2. The van der Waals surface area contributed by atoms with Crippen molar-refractivity contribution in [2.45, 2.75) is 18.9 Å². The van der Waals surface area contributed by atoms with E-state index in [1.807, 2.05) is 13.8 Å². The molecule has 1 rings (SSSR count). The summed E-state index contributed by atoms with van der Waals surface area (Å²) in [6, 6.07) is 2.11. The third-order valence-electron chi connectivity index (χ3n) is 1.86. The Labute approximate surface area is 87.0 Å². The second kappa shape index (κ2) is 4.94. The first kappa shape index (κ1) is 11.0. The van der Waals surface area contributed by atoms with E-state index in [2.05, 4.69) is 16.3 Å². The highest BCUT2D eigenvalue weighted by molar-refractivity contribution is 7.99. The molecule has 0 aromatic carbocycles. The minimum Gasteiger partial charge on any atom is -0.396 e. The van der Waals surface area contributed by atoms with Gasteiger partial charge in [-0.1, -0.05) is 0 Å².